The second-order valence-electron chi connectivity index (χ2n) is 5.43. The van der Waals surface area contributed by atoms with Crippen LogP contribution in [0, 0.1) is 12.8 Å². The number of hydrogen-bond donors (Lipinski definition) is 0. The molecule has 0 amide bonds. The monoisotopic (exact) mass is 226 g/mol. The molecule has 0 fully saturated rings. The van der Waals surface area contributed by atoms with Crippen molar-refractivity contribution in [1.82, 2.24) is 0 Å². The van der Waals surface area contributed by atoms with E-state index in [0.29, 0.717) is 11.8 Å². The maximum absolute atomic E-state index is 4.12. The Balaban J connectivity index is 2.25. The Hall–Kier alpha value is -1.30. The molecule has 0 radical (unpaired) electrons. The summed E-state index contributed by atoms with van der Waals surface area (Å²) in [6.07, 6.45) is 4.79. The lowest BCUT2D eigenvalue weighted by molar-refractivity contribution is 0.496. The minimum absolute atomic E-state index is 0.589. The van der Waals surface area contributed by atoms with Crippen LogP contribution in [0.5, 0.6) is 0 Å². The predicted molar refractivity (Wildman–Crippen MR) is 75.2 cm³/mol. The van der Waals surface area contributed by atoms with Gasteiger partial charge in [0.05, 0.1) is 0 Å². The van der Waals surface area contributed by atoms with Crippen molar-refractivity contribution in [3.05, 3.63) is 59.2 Å². The zero-order valence-electron chi connectivity index (χ0n) is 11.2. The molecule has 2 rings (SSSR count). The van der Waals surface area contributed by atoms with E-state index in [0.717, 1.165) is 0 Å². The third kappa shape index (κ3) is 2.69. The number of allylic oxidation sites excluding steroid dienone is 3. The zero-order valence-corrected chi connectivity index (χ0v) is 11.2. The van der Waals surface area contributed by atoms with E-state index in [9.17, 15) is 0 Å². The highest BCUT2D eigenvalue weighted by atomic mass is 14.3. The number of rotatable bonds is 2. The maximum Gasteiger partial charge on any atom is 0.00512 e. The molecule has 2 atom stereocenters. The van der Waals surface area contributed by atoms with Crippen LogP contribution in [0.15, 0.2) is 48.1 Å². The first kappa shape index (κ1) is 12.2. The number of aryl methyl sites for hydroxylation is 1. The average Bonchev–Trinajstić information content (AvgIpc) is 2.31. The van der Waals surface area contributed by atoms with Crippen LogP contribution in [0.3, 0.4) is 0 Å². The minimum Gasteiger partial charge on any atom is -0.0998 e. The summed E-state index contributed by atoms with van der Waals surface area (Å²) in [6, 6.07) is 8.98. The van der Waals surface area contributed by atoms with Crippen molar-refractivity contribution in [1.29, 1.82) is 0 Å². The van der Waals surface area contributed by atoms with Gasteiger partial charge in [0.2, 0.25) is 0 Å². The lowest BCUT2D eigenvalue weighted by Crippen LogP contribution is -2.14. The molecule has 0 aliphatic heterocycles. The lowest BCUT2D eigenvalue weighted by Gasteiger charge is -2.29. The highest BCUT2D eigenvalue weighted by molar-refractivity contribution is 5.32. The van der Waals surface area contributed by atoms with Crippen molar-refractivity contribution in [3.63, 3.8) is 0 Å². The molecule has 1 aromatic carbocycles. The molecule has 0 saturated carbocycles. The normalized spacial score (nSPS) is 24.3. The number of hydrogen-bond acceptors (Lipinski definition) is 0. The van der Waals surface area contributed by atoms with Gasteiger partial charge in [-0.2, -0.15) is 0 Å². The summed E-state index contributed by atoms with van der Waals surface area (Å²) in [6.45, 7) is 10.7. The van der Waals surface area contributed by atoms with Crippen LogP contribution < -0.4 is 0 Å². The van der Waals surface area contributed by atoms with E-state index in [1.54, 1.807) is 0 Å². The standard InChI is InChI=1S/C17H22/c1-12(2)16-10-7-14(4)17(11-16)15-8-5-13(3)6-9-15/h5-9,16-17H,1,10-11H2,2-4H3/t16-,17+/m0/s1. The molecular formula is C17H22. The van der Waals surface area contributed by atoms with Gasteiger partial charge in [-0.1, -0.05) is 53.6 Å². The first-order chi connectivity index (χ1) is 8.08. The fraction of sp³-hybridized carbons (Fsp3) is 0.412. The molecule has 0 unspecified atom stereocenters. The average molecular weight is 226 g/mol. The molecule has 0 N–H and O–H groups in total. The topological polar surface area (TPSA) is 0 Å². The van der Waals surface area contributed by atoms with Crippen molar-refractivity contribution in [2.75, 3.05) is 0 Å². The van der Waals surface area contributed by atoms with Crippen LogP contribution in [-0.2, 0) is 0 Å². The largest absolute Gasteiger partial charge is 0.0998 e. The van der Waals surface area contributed by atoms with Crippen LogP contribution in [0.25, 0.3) is 0 Å². The van der Waals surface area contributed by atoms with Gasteiger partial charge in [-0.25, -0.2) is 0 Å². The van der Waals surface area contributed by atoms with Gasteiger partial charge in [0.15, 0.2) is 0 Å². The molecule has 17 heavy (non-hydrogen) atoms. The Bertz CT molecular complexity index is 434. The van der Waals surface area contributed by atoms with Crippen LogP contribution in [0.1, 0.15) is 43.7 Å². The van der Waals surface area contributed by atoms with Crippen molar-refractivity contribution >= 4 is 0 Å². The minimum atomic E-state index is 0.589. The van der Waals surface area contributed by atoms with E-state index in [2.05, 4.69) is 57.7 Å². The Morgan fingerprint density at radius 2 is 1.82 bits per heavy atom. The molecule has 90 valence electrons. The first-order valence-corrected chi connectivity index (χ1v) is 6.46. The third-order valence-corrected chi connectivity index (χ3v) is 3.97. The van der Waals surface area contributed by atoms with Crippen LogP contribution in [-0.4, -0.2) is 0 Å². The molecule has 0 aromatic heterocycles. The van der Waals surface area contributed by atoms with Gasteiger partial charge < -0.3 is 0 Å². The van der Waals surface area contributed by atoms with Gasteiger partial charge >= 0.3 is 0 Å². The highest BCUT2D eigenvalue weighted by Crippen LogP contribution is 2.38. The Morgan fingerprint density at radius 1 is 1.18 bits per heavy atom. The summed E-state index contributed by atoms with van der Waals surface area (Å²) in [7, 11) is 0. The Morgan fingerprint density at radius 3 is 2.41 bits per heavy atom. The van der Waals surface area contributed by atoms with Crippen LogP contribution in [0.2, 0.25) is 0 Å². The van der Waals surface area contributed by atoms with Gasteiger partial charge in [0.25, 0.3) is 0 Å². The summed E-state index contributed by atoms with van der Waals surface area (Å²) >= 11 is 0. The molecule has 0 heterocycles. The van der Waals surface area contributed by atoms with Crippen molar-refractivity contribution in [2.45, 2.75) is 39.5 Å². The molecule has 1 aromatic rings. The van der Waals surface area contributed by atoms with Crippen molar-refractivity contribution in [2.24, 2.45) is 5.92 Å². The summed E-state index contributed by atoms with van der Waals surface area (Å²) in [5.41, 5.74) is 5.63. The van der Waals surface area contributed by atoms with E-state index in [4.69, 9.17) is 0 Å². The van der Waals surface area contributed by atoms with Crippen LogP contribution in [0.4, 0.5) is 0 Å². The fourth-order valence-electron chi connectivity index (χ4n) is 2.64. The van der Waals surface area contributed by atoms with E-state index in [1.807, 2.05) is 0 Å². The summed E-state index contributed by atoms with van der Waals surface area (Å²) in [5, 5.41) is 0. The molecule has 0 saturated heterocycles. The van der Waals surface area contributed by atoms with Crippen LogP contribution >= 0.6 is 0 Å². The SMILES string of the molecule is C=C(C)[C@H]1CC=C(C)[C@H](c2ccc(C)cc2)C1. The molecule has 0 spiro atoms. The lowest BCUT2D eigenvalue weighted by atomic mass is 9.76. The molecule has 1 aliphatic carbocycles. The Labute approximate surface area is 105 Å². The first-order valence-electron chi connectivity index (χ1n) is 6.46. The maximum atomic E-state index is 4.12. The second kappa shape index (κ2) is 4.91. The molecule has 0 bridgehead atoms. The third-order valence-electron chi connectivity index (χ3n) is 3.97. The summed E-state index contributed by atoms with van der Waals surface area (Å²) < 4.78 is 0. The van der Waals surface area contributed by atoms with E-state index >= 15 is 0 Å². The quantitative estimate of drug-likeness (QED) is 0.622. The second-order valence-corrected chi connectivity index (χ2v) is 5.43. The molecular weight excluding hydrogens is 204 g/mol. The van der Waals surface area contributed by atoms with E-state index in [1.165, 1.54) is 35.1 Å². The summed E-state index contributed by atoms with van der Waals surface area (Å²) in [4.78, 5) is 0. The fourth-order valence-corrected chi connectivity index (χ4v) is 2.64. The zero-order chi connectivity index (χ0) is 12.4. The van der Waals surface area contributed by atoms with E-state index in [-0.39, 0.29) is 0 Å². The van der Waals surface area contributed by atoms with E-state index < -0.39 is 0 Å². The molecule has 0 heteroatoms. The molecule has 0 nitrogen and oxygen atoms in total. The van der Waals surface area contributed by atoms with Gasteiger partial charge in [0.1, 0.15) is 0 Å². The van der Waals surface area contributed by atoms with Gasteiger partial charge in [-0.05, 0) is 45.1 Å². The van der Waals surface area contributed by atoms with Gasteiger partial charge in [-0.15, -0.1) is 0 Å². The highest BCUT2D eigenvalue weighted by Gasteiger charge is 2.23. The van der Waals surface area contributed by atoms with Crippen molar-refractivity contribution < 1.29 is 0 Å². The number of benzene rings is 1. The molecule has 1 aliphatic rings. The smallest absolute Gasteiger partial charge is 0.00512 e. The predicted octanol–water partition coefficient (Wildman–Crippen LogP) is 5.01. The Kier molecular flexibility index (Phi) is 3.51. The van der Waals surface area contributed by atoms with Crippen molar-refractivity contribution in [3.8, 4) is 0 Å². The summed E-state index contributed by atoms with van der Waals surface area (Å²) in [5.74, 6) is 1.25. The van der Waals surface area contributed by atoms with Gasteiger partial charge in [-0.3, -0.25) is 0 Å². The van der Waals surface area contributed by atoms with Gasteiger partial charge in [0, 0.05) is 5.92 Å².